The second-order valence-corrected chi connectivity index (χ2v) is 8.33. The number of hydrogen-bond donors (Lipinski definition) is 1. The van der Waals surface area contributed by atoms with Crippen molar-refractivity contribution in [2.24, 2.45) is 0 Å². The Kier molecular flexibility index (Phi) is 7.56. The summed E-state index contributed by atoms with van der Waals surface area (Å²) in [6.45, 7) is 11.7. The molecular weight excluding hydrogens is 415 g/mol. The van der Waals surface area contributed by atoms with Crippen LogP contribution in [0, 0.1) is 13.8 Å². The lowest BCUT2D eigenvalue weighted by atomic mass is 9.68. The number of nitrogens with one attached hydrogen (secondary N) is 1. The summed E-state index contributed by atoms with van der Waals surface area (Å²) in [5.74, 6) is 0.0879. The third-order valence-corrected chi connectivity index (χ3v) is 6.12. The van der Waals surface area contributed by atoms with E-state index in [0.29, 0.717) is 27.8 Å². The van der Waals surface area contributed by atoms with Crippen molar-refractivity contribution in [3.63, 3.8) is 0 Å². The average Bonchev–Trinajstić information content (AvgIpc) is 2.81. The van der Waals surface area contributed by atoms with Crippen LogP contribution in [0.2, 0.25) is 0 Å². The highest BCUT2D eigenvalue weighted by Gasteiger charge is 2.11. The predicted octanol–water partition coefficient (Wildman–Crippen LogP) is 2.71. The Morgan fingerprint density at radius 3 is 2.38 bits per heavy atom. The van der Waals surface area contributed by atoms with Gasteiger partial charge in [-0.1, -0.05) is 58.4 Å². The van der Waals surface area contributed by atoms with Crippen LogP contribution in [0.1, 0.15) is 36.1 Å². The Hall–Kier alpha value is -3.47. The molecule has 164 valence electrons. The Bertz CT molecular complexity index is 1330. The van der Waals surface area contributed by atoms with Crippen LogP contribution in [0.15, 0.2) is 54.9 Å². The van der Waals surface area contributed by atoms with E-state index in [9.17, 15) is 4.79 Å². The van der Waals surface area contributed by atoms with Crippen LogP contribution >= 0.6 is 0 Å². The number of benzene rings is 2. The molecule has 0 aliphatic heterocycles. The largest absolute Gasteiger partial charge is 0.349 e. The third kappa shape index (κ3) is 5.04. The summed E-state index contributed by atoms with van der Waals surface area (Å²) < 4.78 is 0. The molecule has 3 rings (SSSR count). The van der Waals surface area contributed by atoms with E-state index in [0.717, 1.165) is 38.9 Å². The lowest BCUT2D eigenvalue weighted by Gasteiger charge is -2.23. The van der Waals surface area contributed by atoms with Gasteiger partial charge in [0.05, 0.1) is 0 Å². The van der Waals surface area contributed by atoms with Gasteiger partial charge in [-0.15, -0.1) is 0 Å². The molecule has 0 saturated heterocycles. The smallest absolute Gasteiger partial charge is 0.249 e. The monoisotopic (exact) mass is 441 g/mol. The molecule has 0 atom stereocenters. The van der Waals surface area contributed by atoms with E-state index in [1.165, 1.54) is 6.08 Å². The number of carbonyl (C=O) groups excluding carboxylic acids is 1. The second kappa shape index (κ2) is 10.2. The van der Waals surface area contributed by atoms with Crippen molar-refractivity contribution in [3.05, 3.63) is 77.1 Å². The lowest BCUT2D eigenvalue weighted by Crippen LogP contribution is -2.38. The Balaban J connectivity index is 1.87. The SMILES string of the molecule is [B]c1c([B])c(/C=C/C(=O)Nc2cc3cc(/C(=C/C)N(C)C(=C)C)ccc3cn2)c([B])c(C)c1C. The van der Waals surface area contributed by atoms with Crippen molar-refractivity contribution >= 4 is 74.2 Å². The first-order valence-electron chi connectivity index (χ1n) is 10.9. The molecule has 1 heterocycles. The third-order valence-electron chi connectivity index (χ3n) is 6.12. The Morgan fingerprint density at radius 1 is 1.06 bits per heavy atom. The molecule has 0 aliphatic rings. The fraction of sp³-hybridized carbons (Fsp3) is 0.185. The summed E-state index contributed by atoms with van der Waals surface area (Å²) in [4.78, 5) is 19.0. The summed E-state index contributed by atoms with van der Waals surface area (Å²) >= 11 is 0. The zero-order valence-corrected chi connectivity index (χ0v) is 20.4. The first-order chi connectivity index (χ1) is 16.0. The molecule has 0 saturated carbocycles. The number of fused-ring (bicyclic) bond motifs is 1. The maximum absolute atomic E-state index is 12.6. The normalized spacial score (nSPS) is 11.7. The topological polar surface area (TPSA) is 45.2 Å². The van der Waals surface area contributed by atoms with E-state index in [1.807, 2.05) is 63.9 Å². The van der Waals surface area contributed by atoms with Gasteiger partial charge in [0, 0.05) is 36.1 Å². The van der Waals surface area contributed by atoms with Gasteiger partial charge in [-0.2, -0.15) is 0 Å². The number of anilines is 1. The first kappa shape index (κ1) is 25.2. The number of hydrogen-bond acceptors (Lipinski definition) is 3. The number of nitrogens with zero attached hydrogens (tertiary/aromatic N) is 2. The van der Waals surface area contributed by atoms with Gasteiger partial charge in [0.1, 0.15) is 29.4 Å². The van der Waals surface area contributed by atoms with Crippen LogP contribution in [-0.2, 0) is 4.79 Å². The molecule has 0 spiro atoms. The van der Waals surface area contributed by atoms with Gasteiger partial charge in [0.25, 0.3) is 0 Å². The fourth-order valence-corrected chi connectivity index (χ4v) is 3.73. The number of amides is 1. The average molecular weight is 441 g/mol. The molecule has 0 aliphatic carbocycles. The van der Waals surface area contributed by atoms with Crippen molar-refractivity contribution in [3.8, 4) is 0 Å². The predicted molar refractivity (Wildman–Crippen MR) is 148 cm³/mol. The van der Waals surface area contributed by atoms with Gasteiger partial charge in [0.15, 0.2) is 0 Å². The van der Waals surface area contributed by atoms with Gasteiger partial charge < -0.3 is 10.2 Å². The van der Waals surface area contributed by atoms with Gasteiger partial charge in [0.2, 0.25) is 5.91 Å². The van der Waals surface area contributed by atoms with Crippen molar-refractivity contribution in [1.82, 2.24) is 9.88 Å². The summed E-state index contributed by atoms with van der Waals surface area (Å²) in [7, 11) is 20.4. The fourth-order valence-electron chi connectivity index (χ4n) is 3.73. The molecule has 1 amide bonds. The molecule has 0 bridgehead atoms. The highest BCUT2D eigenvalue weighted by Crippen LogP contribution is 2.26. The number of rotatable bonds is 6. The zero-order valence-electron chi connectivity index (χ0n) is 20.4. The van der Waals surface area contributed by atoms with Crippen LogP contribution in [0.25, 0.3) is 22.5 Å². The van der Waals surface area contributed by atoms with Gasteiger partial charge >= 0.3 is 0 Å². The quantitative estimate of drug-likeness (QED) is 0.473. The molecule has 34 heavy (non-hydrogen) atoms. The highest BCUT2D eigenvalue weighted by atomic mass is 16.1. The standard InChI is InChI=1S/C27H26B3N3O/c1-7-22(33(6)15(2)3)18-8-9-19-14-31-23(13-20(19)12-18)32-24(34)11-10-21-25(28)16(4)17(5)26(29)27(21)30/h7-14H,2H2,1,3-6H3,(H,31,32,34)/b11-10+,22-7-. The molecule has 2 aromatic carbocycles. The van der Waals surface area contributed by atoms with E-state index < -0.39 is 0 Å². The van der Waals surface area contributed by atoms with Crippen molar-refractivity contribution in [2.75, 3.05) is 12.4 Å². The number of allylic oxidation sites excluding steroid dienone is 2. The van der Waals surface area contributed by atoms with Crippen LogP contribution in [0.3, 0.4) is 0 Å². The van der Waals surface area contributed by atoms with E-state index in [4.69, 9.17) is 23.5 Å². The van der Waals surface area contributed by atoms with Gasteiger partial charge in [-0.3, -0.25) is 4.79 Å². The van der Waals surface area contributed by atoms with Gasteiger partial charge in [-0.25, -0.2) is 4.98 Å². The minimum Gasteiger partial charge on any atom is -0.349 e. The second-order valence-electron chi connectivity index (χ2n) is 8.33. The minimum atomic E-state index is -0.352. The maximum atomic E-state index is 12.6. The molecule has 3 aromatic rings. The number of aromatic nitrogens is 1. The molecule has 0 unspecified atom stereocenters. The number of carbonyl (C=O) groups is 1. The van der Waals surface area contributed by atoms with Crippen LogP contribution in [-0.4, -0.2) is 46.4 Å². The van der Waals surface area contributed by atoms with Crippen LogP contribution < -0.4 is 21.7 Å². The van der Waals surface area contributed by atoms with E-state index in [2.05, 4.69) is 22.9 Å². The molecule has 0 fully saturated rings. The molecule has 4 nitrogen and oxygen atoms in total. The van der Waals surface area contributed by atoms with Crippen LogP contribution in [0.5, 0.6) is 0 Å². The Morgan fingerprint density at radius 2 is 1.74 bits per heavy atom. The molecule has 6 radical (unpaired) electrons. The molecular formula is C27H26B3N3O. The van der Waals surface area contributed by atoms with Crippen LogP contribution in [0.4, 0.5) is 5.82 Å². The first-order valence-corrected chi connectivity index (χ1v) is 10.9. The molecule has 1 aromatic heterocycles. The van der Waals surface area contributed by atoms with E-state index >= 15 is 0 Å². The van der Waals surface area contributed by atoms with Crippen molar-refractivity contribution < 1.29 is 4.79 Å². The highest BCUT2D eigenvalue weighted by molar-refractivity contribution is 6.53. The maximum Gasteiger partial charge on any atom is 0.249 e. The van der Waals surface area contributed by atoms with Crippen molar-refractivity contribution in [1.29, 1.82) is 0 Å². The Labute approximate surface area is 206 Å². The minimum absolute atomic E-state index is 0.352. The summed E-state index contributed by atoms with van der Waals surface area (Å²) in [5.41, 5.74) is 6.58. The summed E-state index contributed by atoms with van der Waals surface area (Å²) in [6, 6.07) is 7.96. The zero-order chi connectivity index (χ0) is 25.2. The number of pyridine rings is 1. The molecule has 1 N–H and O–H groups in total. The summed E-state index contributed by atoms with van der Waals surface area (Å²) in [6.07, 6.45) is 6.73. The van der Waals surface area contributed by atoms with E-state index in [-0.39, 0.29) is 5.91 Å². The van der Waals surface area contributed by atoms with Crippen molar-refractivity contribution in [2.45, 2.75) is 27.7 Å². The van der Waals surface area contributed by atoms with Gasteiger partial charge in [-0.05, 0) is 56.3 Å². The summed E-state index contributed by atoms with van der Waals surface area (Å²) in [5, 5.41) is 4.72. The van der Waals surface area contributed by atoms with E-state index in [1.54, 1.807) is 12.3 Å². The molecule has 7 heteroatoms. The lowest BCUT2D eigenvalue weighted by molar-refractivity contribution is -0.111.